The molecule has 1 aromatic rings. The van der Waals surface area contributed by atoms with E-state index in [0.29, 0.717) is 0 Å². The Morgan fingerprint density at radius 2 is 1.45 bits per heavy atom. The van der Waals surface area contributed by atoms with E-state index in [9.17, 15) is 35.3 Å². The Morgan fingerprint density at radius 3 is 1.85 bits per heavy atom. The highest BCUT2D eigenvalue weighted by Crippen LogP contribution is 2.38. The van der Waals surface area contributed by atoms with Crippen molar-refractivity contribution in [3.8, 4) is 0 Å². The van der Waals surface area contributed by atoms with E-state index in [4.69, 9.17) is 0 Å². The van der Waals surface area contributed by atoms with E-state index < -0.39 is 41.4 Å². The summed E-state index contributed by atoms with van der Waals surface area (Å²) in [5.41, 5.74) is -3.20. The summed E-state index contributed by atoms with van der Waals surface area (Å²) in [7, 11) is 0. The van der Waals surface area contributed by atoms with Crippen molar-refractivity contribution in [3.05, 3.63) is 30.3 Å². The van der Waals surface area contributed by atoms with Crippen LogP contribution in [0.15, 0.2) is 35.2 Å². The zero-order chi connectivity index (χ0) is 15.5. The Kier molecular flexibility index (Phi) is 5.69. The molecular formula is C11H9F7OS. The molecule has 0 aliphatic rings. The molecule has 0 N–H and O–H groups in total. The summed E-state index contributed by atoms with van der Waals surface area (Å²) < 4.78 is 99.7. The summed E-state index contributed by atoms with van der Waals surface area (Å²) in [6, 6.07) is 6.27. The SMILES string of the molecule is [O-][S+](c1ccccc1)C(F)C(F)C(C(F)F)C(F)(F)F. The van der Waals surface area contributed by atoms with Gasteiger partial charge in [-0.2, -0.15) is 17.6 Å². The fourth-order valence-corrected chi connectivity index (χ4v) is 2.52. The van der Waals surface area contributed by atoms with Gasteiger partial charge in [0.05, 0.1) is 0 Å². The molecule has 1 aromatic carbocycles. The minimum absolute atomic E-state index is 0.280. The molecule has 4 unspecified atom stereocenters. The number of halogens is 7. The van der Waals surface area contributed by atoms with Gasteiger partial charge < -0.3 is 4.55 Å². The van der Waals surface area contributed by atoms with E-state index in [-0.39, 0.29) is 4.90 Å². The van der Waals surface area contributed by atoms with Gasteiger partial charge in [0.1, 0.15) is 0 Å². The average Bonchev–Trinajstić information content (AvgIpc) is 2.35. The third-order valence-corrected chi connectivity index (χ3v) is 3.83. The molecule has 4 atom stereocenters. The van der Waals surface area contributed by atoms with Gasteiger partial charge in [0.15, 0.2) is 17.0 Å². The Hall–Kier alpha value is -0.960. The van der Waals surface area contributed by atoms with Crippen LogP contribution in [0.2, 0.25) is 0 Å². The molecular weight excluding hydrogens is 313 g/mol. The van der Waals surface area contributed by atoms with Gasteiger partial charge in [0, 0.05) is 11.2 Å². The number of hydrogen-bond acceptors (Lipinski definition) is 1. The number of alkyl halides is 7. The number of benzene rings is 1. The Balaban J connectivity index is 2.92. The Morgan fingerprint density at radius 1 is 0.950 bits per heavy atom. The maximum Gasteiger partial charge on any atom is 0.400 e. The molecule has 0 heterocycles. The zero-order valence-corrected chi connectivity index (χ0v) is 10.5. The summed E-state index contributed by atoms with van der Waals surface area (Å²) in [4.78, 5) is -0.280. The predicted molar refractivity (Wildman–Crippen MR) is 58.2 cm³/mol. The standard InChI is InChI=1S/C11H9F7OS/c12-8(7(9(13)14)11(16,17)18)10(15)20(19)6-4-2-1-3-5-6/h1-5,7-10H. The van der Waals surface area contributed by atoms with Gasteiger partial charge in [-0.05, 0) is 12.1 Å². The molecule has 0 aliphatic heterocycles. The van der Waals surface area contributed by atoms with E-state index >= 15 is 0 Å². The second kappa shape index (κ2) is 6.66. The molecule has 9 heteroatoms. The van der Waals surface area contributed by atoms with Gasteiger partial charge in [-0.3, -0.25) is 0 Å². The average molecular weight is 322 g/mol. The van der Waals surface area contributed by atoms with E-state index in [2.05, 4.69) is 0 Å². The van der Waals surface area contributed by atoms with Gasteiger partial charge in [0.2, 0.25) is 0 Å². The fourth-order valence-electron chi connectivity index (χ4n) is 1.43. The highest BCUT2D eigenvalue weighted by atomic mass is 32.2. The summed E-state index contributed by atoms with van der Waals surface area (Å²) >= 11 is -2.81. The van der Waals surface area contributed by atoms with Crippen LogP contribution in [0, 0.1) is 5.92 Å². The van der Waals surface area contributed by atoms with E-state index in [1.807, 2.05) is 0 Å². The molecule has 0 fully saturated rings. The molecule has 0 spiro atoms. The van der Waals surface area contributed by atoms with Crippen molar-refractivity contribution in [1.82, 2.24) is 0 Å². The van der Waals surface area contributed by atoms with E-state index in [1.165, 1.54) is 18.2 Å². The molecule has 0 saturated heterocycles. The predicted octanol–water partition coefficient (Wildman–Crippen LogP) is 3.87. The lowest BCUT2D eigenvalue weighted by molar-refractivity contribution is -0.226. The van der Waals surface area contributed by atoms with Crippen molar-refractivity contribution in [2.24, 2.45) is 5.92 Å². The molecule has 20 heavy (non-hydrogen) atoms. The third-order valence-electron chi connectivity index (χ3n) is 2.42. The normalized spacial score (nSPS) is 18.6. The fraction of sp³-hybridized carbons (Fsp3) is 0.455. The van der Waals surface area contributed by atoms with Gasteiger partial charge in [-0.15, -0.1) is 0 Å². The quantitative estimate of drug-likeness (QED) is 0.596. The summed E-state index contributed by atoms with van der Waals surface area (Å²) in [5, 5.41) is 0. The highest BCUT2D eigenvalue weighted by Gasteiger charge is 2.56. The van der Waals surface area contributed by atoms with Crippen LogP contribution in [0.5, 0.6) is 0 Å². The lowest BCUT2D eigenvalue weighted by Crippen LogP contribution is -2.44. The molecule has 0 bridgehead atoms. The zero-order valence-electron chi connectivity index (χ0n) is 9.66. The largest absolute Gasteiger partial charge is 0.609 e. The third kappa shape index (κ3) is 4.02. The van der Waals surface area contributed by atoms with Gasteiger partial charge in [0.25, 0.3) is 11.9 Å². The number of hydrogen-bond donors (Lipinski definition) is 0. The lowest BCUT2D eigenvalue weighted by atomic mass is 10.1. The topological polar surface area (TPSA) is 23.1 Å². The first-order valence-electron chi connectivity index (χ1n) is 5.25. The first-order chi connectivity index (χ1) is 9.16. The highest BCUT2D eigenvalue weighted by molar-refractivity contribution is 7.92. The summed E-state index contributed by atoms with van der Waals surface area (Å²) in [6.45, 7) is 0. The van der Waals surface area contributed by atoms with Crippen molar-refractivity contribution in [3.63, 3.8) is 0 Å². The molecule has 0 aliphatic carbocycles. The monoisotopic (exact) mass is 322 g/mol. The first kappa shape index (κ1) is 17.1. The van der Waals surface area contributed by atoms with E-state index in [1.54, 1.807) is 0 Å². The molecule has 0 amide bonds. The van der Waals surface area contributed by atoms with Crippen LogP contribution < -0.4 is 0 Å². The van der Waals surface area contributed by atoms with Crippen molar-refractivity contribution in [2.45, 2.75) is 29.2 Å². The summed E-state index contributed by atoms with van der Waals surface area (Å²) in [6.07, 6.45) is -13.4. The second-order valence-electron chi connectivity index (χ2n) is 3.81. The van der Waals surface area contributed by atoms with Gasteiger partial charge in [-0.25, -0.2) is 13.2 Å². The minimum atomic E-state index is -5.63. The van der Waals surface area contributed by atoms with Gasteiger partial charge >= 0.3 is 6.18 Å². The van der Waals surface area contributed by atoms with Crippen molar-refractivity contribution in [2.75, 3.05) is 0 Å². The molecule has 0 aromatic heterocycles. The van der Waals surface area contributed by atoms with E-state index in [0.717, 1.165) is 12.1 Å². The molecule has 1 nitrogen and oxygen atoms in total. The molecule has 1 rings (SSSR count). The van der Waals surface area contributed by atoms with Crippen LogP contribution in [0.4, 0.5) is 30.7 Å². The van der Waals surface area contributed by atoms with Crippen molar-refractivity contribution in [1.29, 1.82) is 0 Å². The lowest BCUT2D eigenvalue weighted by Gasteiger charge is -2.25. The summed E-state index contributed by atoms with van der Waals surface area (Å²) in [5.74, 6) is -3.81. The Bertz CT molecular complexity index is 411. The molecule has 0 saturated carbocycles. The van der Waals surface area contributed by atoms with Gasteiger partial charge in [-0.1, -0.05) is 18.2 Å². The second-order valence-corrected chi connectivity index (χ2v) is 5.32. The minimum Gasteiger partial charge on any atom is -0.609 e. The van der Waals surface area contributed by atoms with Crippen molar-refractivity contribution >= 4 is 11.2 Å². The number of rotatable bonds is 5. The maximum absolute atomic E-state index is 13.5. The van der Waals surface area contributed by atoms with Crippen LogP contribution in [-0.2, 0) is 11.2 Å². The van der Waals surface area contributed by atoms with Crippen molar-refractivity contribution < 1.29 is 35.3 Å². The molecule has 0 radical (unpaired) electrons. The first-order valence-corrected chi connectivity index (χ1v) is 6.46. The smallest absolute Gasteiger partial charge is 0.400 e. The van der Waals surface area contributed by atoms with Crippen LogP contribution >= 0.6 is 0 Å². The van der Waals surface area contributed by atoms with Crippen LogP contribution in [0.1, 0.15) is 0 Å². The van der Waals surface area contributed by atoms with Crippen LogP contribution in [0.25, 0.3) is 0 Å². The van der Waals surface area contributed by atoms with Crippen LogP contribution in [-0.4, -0.2) is 28.8 Å². The maximum atomic E-state index is 13.5. The van der Waals surface area contributed by atoms with Crippen LogP contribution in [0.3, 0.4) is 0 Å². The molecule has 114 valence electrons. The Labute approximate surface area is 113 Å².